The number of carbonyl (C=O) groups excluding carboxylic acids is 1. The first kappa shape index (κ1) is 66.9. The van der Waals surface area contributed by atoms with Crippen molar-refractivity contribution in [2.75, 3.05) is 33.0 Å². The lowest BCUT2D eigenvalue weighted by molar-refractivity contribution is -0.378. The van der Waals surface area contributed by atoms with Gasteiger partial charge in [-0.1, -0.05) is 53.2 Å². The third kappa shape index (κ3) is 12.0. The molecule has 25 nitrogen and oxygen atoms in total. The van der Waals surface area contributed by atoms with Gasteiger partial charge in [0.2, 0.25) is 0 Å². The molecule has 484 valence electrons. The molecular weight excluding hydrogens is 1110 g/mol. The molecule has 4 aliphatic carbocycles. The Morgan fingerprint density at radius 2 is 1.29 bits per heavy atom. The third-order valence-electron chi connectivity index (χ3n) is 22.2. The van der Waals surface area contributed by atoms with Gasteiger partial charge in [0.1, 0.15) is 72.9 Å². The third-order valence-corrected chi connectivity index (χ3v) is 22.2. The minimum Gasteiger partial charge on any atom is -0.394 e. The highest BCUT2D eigenvalue weighted by Crippen LogP contribution is 2.74. The lowest BCUT2D eigenvalue weighted by Crippen LogP contribution is -2.65. The summed E-state index contributed by atoms with van der Waals surface area (Å²) in [7, 11) is 0. The highest BCUT2D eigenvalue weighted by molar-refractivity contribution is 5.88. The number of rotatable bonds is 18. The van der Waals surface area contributed by atoms with Crippen molar-refractivity contribution in [3.05, 3.63) is 11.6 Å². The van der Waals surface area contributed by atoms with Gasteiger partial charge >= 0.3 is 0 Å². The zero-order valence-corrected chi connectivity index (χ0v) is 49.6. The van der Waals surface area contributed by atoms with E-state index in [1.54, 1.807) is 13.8 Å². The largest absolute Gasteiger partial charge is 0.394 e. The second-order valence-corrected chi connectivity index (χ2v) is 27.9. The van der Waals surface area contributed by atoms with Crippen LogP contribution in [-0.4, -0.2) is 262 Å². The fraction of sp³-hybridized carbons (Fsp3) is 0.949. The Kier molecular flexibility index (Phi) is 20.4. The Labute approximate surface area is 490 Å². The van der Waals surface area contributed by atoms with Crippen molar-refractivity contribution in [3.8, 4) is 0 Å². The van der Waals surface area contributed by atoms with Crippen molar-refractivity contribution in [1.29, 1.82) is 0 Å². The number of ketones is 1. The SMILES string of the molecule is C[C@H](CC[C@@H](O[C@@H]1O[C@H](CO[C@@H]2OC[C@@H](O)C[C@H]2O)[C@@H](O)[C@H](O)[C@H]1O[C@H]1O[C@@H](CO)[C@H](O)[C@@H](O)[C@@H]1O)C(C)(C)O)C1CC[C@@]2(C)C3CC=C4C(CC[C@H](O[C@@H]5O[C@H](CO)C([C@@H]6O[C@H](CO)[C@@H](O)C[C@H]6O)[C@H](O)[C@H]5O)C4(C)C)[C@]3(C)C(=O)C[C@]12C. The van der Waals surface area contributed by atoms with Crippen molar-refractivity contribution in [2.45, 2.75) is 266 Å². The van der Waals surface area contributed by atoms with E-state index in [2.05, 4.69) is 47.6 Å². The lowest BCUT2D eigenvalue weighted by Gasteiger charge is -2.65. The molecule has 0 bridgehead atoms. The van der Waals surface area contributed by atoms with Gasteiger partial charge < -0.3 is 119 Å². The number of ether oxygens (including phenoxy) is 9. The Hall–Kier alpha value is -1.55. The van der Waals surface area contributed by atoms with Crippen molar-refractivity contribution in [1.82, 2.24) is 0 Å². The summed E-state index contributed by atoms with van der Waals surface area (Å²) in [5.74, 6) is -1.04. The molecule has 0 radical (unpaired) electrons. The van der Waals surface area contributed by atoms with E-state index >= 15 is 4.79 Å². The van der Waals surface area contributed by atoms with Crippen molar-refractivity contribution in [3.63, 3.8) is 0 Å². The molecule has 5 saturated heterocycles. The van der Waals surface area contributed by atoms with Gasteiger partial charge in [-0.3, -0.25) is 4.79 Å². The summed E-state index contributed by atoms with van der Waals surface area (Å²) in [5, 5.41) is 162. The lowest BCUT2D eigenvalue weighted by atomic mass is 9.38. The molecule has 0 aromatic rings. The van der Waals surface area contributed by atoms with E-state index in [1.807, 2.05) is 0 Å². The number of carbonyl (C=O) groups is 1. The van der Waals surface area contributed by atoms with Crippen LogP contribution in [0.15, 0.2) is 11.6 Å². The number of Topliss-reactive ketones (excluding diaryl/α,β-unsaturated/α-hetero) is 1. The normalized spacial score (nSPS) is 50.6. The smallest absolute Gasteiger partial charge is 0.187 e. The number of fused-ring (bicyclic) bond motifs is 5. The monoisotopic (exact) mass is 1210 g/mol. The molecule has 3 saturated carbocycles. The Morgan fingerprint density at radius 3 is 1.94 bits per heavy atom. The van der Waals surface area contributed by atoms with Crippen molar-refractivity contribution < 1.29 is 124 Å². The zero-order chi connectivity index (χ0) is 61.5. The number of aliphatic hydroxyl groups is 15. The van der Waals surface area contributed by atoms with Crippen molar-refractivity contribution in [2.24, 2.45) is 51.2 Å². The Balaban J connectivity index is 0.888. The van der Waals surface area contributed by atoms with Crippen LogP contribution < -0.4 is 0 Å². The molecule has 0 aromatic carbocycles. The van der Waals surface area contributed by atoms with E-state index in [1.165, 1.54) is 0 Å². The molecule has 0 spiro atoms. The summed E-state index contributed by atoms with van der Waals surface area (Å²) in [6.45, 7) is 13.5. The van der Waals surface area contributed by atoms with Crippen LogP contribution in [0.5, 0.6) is 0 Å². The molecule has 15 N–H and O–H groups in total. The molecular formula is C59H98O25. The Morgan fingerprint density at radius 1 is 0.655 bits per heavy atom. The predicted octanol–water partition coefficient (Wildman–Crippen LogP) is -2.23. The first-order valence-electron chi connectivity index (χ1n) is 30.5. The quantitative estimate of drug-likeness (QED) is 0.0646. The van der Waals surface area contributed by atoms with Gasteiger partial charge in [0, 0.05) is 36.0 Å². The summed E-state index contributed by atoms with van der Waals surface area (Å²) in [6.07, 6.45) is -25.6. The maximum Gasteiger partial charge on any atom is 0.187 e. The first-order valence-corrected chi connectivity index (χ1v) is 30.5. The second-order valence-electron chi connectivity index (χ2n) is 27.9. The summed E-state index contributed by atoms with van der Waals surface area (Å²) < 4.78 is 54.3. The molecule has 5 aliphatic heterocycles. The van der Waals surface area contributed by atoms with Crippen LogP contribution in [0.4, 0.5) is 0 Å². The van der Waals surface area contributed by atoms with Crippen molar-refractivity contribution >= 4 is 5.78 Å². The van der Waals surface area contributed by atoms with E-state index in [-0.39, 0.29) is 60.7 Å². The standard InChI is InChI=1S/C59H98O25/c1-25(9-13-40(56(4,5)75)83-54-50(84-53-48(74)45(71)42(68)35(22-62)80-53)46(72)43(69)36(81-54)24-77-51-32(66)17-26(63)23-76-51)27-15-16-57(6)37-12-10-28-29(59(37,8)38(67)19-58(27,57)7)11-14-39(55(28,2)3)82-52-47(73)44(70)41(34(21-61)79-52)49-31(65)18-30(64)33(20-60)78-49/h10,25-27,29-37,39-54,60-66,68-75H,9,11-24H2,1-8H3/t25-,26+,27?,29?,30+,31-,32-,33-,34-,35+,36-,37?,39+,40-,41?,42+,43-,44+,45-,46+,47-,48+,49-,50-,51+,52+,53-,54+,57+,58-,59+/m1/s1. The fourth-order valence-electron chi connectivity index (χ4n) is 17.0. The molecule has 0 amide bonds. The molecule has 84 heavy (non-hydrogen) atoms. The van der Waals surface area contributed by atoms with E-state index < -0.39 is 195 Å². The molecule has 8 fully saturated rings. The van der Waals surface area contributed by atoms with Gasteiger partial charge in [0.15, 0.2) is 25.2 Å². The van der Waals surface area contributed by atoms with E-state index in [9.17, 15) is 76.6 Å². The number of aliphatic hydroxyl groups excluding tert-OH is 14. The minimum atomic E-state index is -1.90. The number of allylic oxidation sites excluding steroid dienone is 1. The van der Waals surface area contributed by atoms with Gasteiger partial charge in [0.25, 0.3) is 0 Å². The first-order chi connectivity index (χ1) is 39.4. The highest BCUT2D eigenvalue weighted by atomic mass is 16.8. The highest BCUT2D eigenvalue weighted by Gasteiger charge is 2.71. The van der Waals surface area contributed by atoms with E-state index in [0.717, 1.165) is 18.4 Å². The molecule has 31 atom stereocenters. The minimum absolute atomic E-state index is 0.0185. The predicted molar refractivity (Wildman–Crippen MR) is 289 cm³/mol. The molecule has 0 aromatic heterocycles. The fourth-order valence-corrected chi connectivity index (χ4v) is 17.0. The molecule has 4 unspecified atom stereocenters. The van der Waals surface area contributed by atoms with Crippen LogP contribution >= 0.6 is 0 Å². The van der Waals surface area contributed by atoms with Gasteiger partial charge in [-0.05, 0) is 93.3 Å². The van der Waals surface area contributed by atoms with E-state index in [4.69, 9.17) is 42.6 Å². The average Bonchev–Trinajstić information content (AvgIpc) is 1.38. The molecule has 9 rings (SSSR count). The number of hydrogen-bond donors (Lipinski definition) is 15. The van der Waals surface area contributed by atoms with Gasteiger partial charge in [-0.25, -0.2) is 0 Å². The zero-order valence-electron chi connectivity index (χ0n) is 49.6. The molecule has 25 heteroatoms. The summed E-state index contributed by atoms with van der Waals surface area (Å²) in [5.41, 5.74) is -2.62. The van der Waals surface area contributed by atoms with Gasteiger partial charge in [-0.2, -0.15) is 0 Å². The molecule has 9 aliphatic rings. The average molecular weight is 1210 g/mol. The maximum absolute atomic E-state index is 15.3. The topological polar surface area (TPSA) is 404 Å². The van der Waals surface area contributed by atoms with Gasteiger partial charge in [-0.15, -0.1) is 0 Å². The van der Waals surface area contributed by atoms with Crippen LogP contribution in [-0.2, 0) is 47.4 Å². The summed E-state index contributed by atoms with van der Waals surface area (Å²) in [4.78, 5) is 15.3. The molecule has 5 heterocycles. The van der Waals surface area contributed by atoms with Crippen LogP contribution in [0.1, 0.15) is 120 Å². The number of hydrogen-bond acceptors (Lipinski definition) is 25. The Bertz CT molecular complexity index is 2250. The summed E-state index contributed by atoms with van der Waals surface area (Å²) in [6, 6.07) is 0. The van der Waals surface area contributed by atoms with Crippen LogP contribution in [0.25, 0.3) is 0 Å². The van der Waals surface area contributed by atoms with Crippen LogP contribution in [0.3, 0.4) is 0 Å². The maximum atomic E-state index is 15.3. The van der Waals surface area contributed by atoms with Crippen LogP contribution in [0, 0.1) is 51.2 Å². The summed E-state index contributed by atoms with van der Waals surface area (Å²) >= 11 is 0. The van der Waals surface area contributed by atoms with Crippen LogP contribution in [0.2, 0.25) is 0 Å². The second kappa shape index (κ2) is 25.6. The van der Waals surface area contributed by atoms with E-state index in [0.29, 0.717) is 32.1 Å². The van der Waals surface area contributed by atoms with Gasteiger partial charge in [0.05, 0.1) is 87.5 Å².